The van der Waals surface area contributed by atoms with Gasteiger partial charge in [0.05, 0.1) is 12.2 Å². The molecular weight excluding hydrogens is 240 g/mol. The molecule has 0 radical (unpaired) electrons. The van der Waals surface area contributed by atoms with Gasteiger partial charge in [0.25, 0.3) is 0 Å². The maximum absolute atomic E-state index is 10.9. The molecule has 3 heteroatoms. The first-order valence-electron chi connectivity index (χ1n) is 6.54. The number of ether oxygens (including phenoxy) is 2. The van der Waals surface area contributed by atoms with E-state index in [9.17, 15) is 4.79 Å². The van der Waals surface area contributed by atoms with Crippen LogP contribution < -0.4 is 9.47 Å². The van der Waals surface area contributed by atoms with Gasteiger partial charge in [-0.1, -0.05) is 12.1 Å². The fraction of sp³-hybridized carbons (Fsp3) is 0.438. The lowest BCUT2D eigenvalue weighted by Crippen LogP contribution is -2.10. The predicted octanol–water partition coefficient (Wildman–Crippen LogP) is 3.86. The number of allylic oxidation sites excluding steroid dienone is 1. The van der Waals surface area contributed by atoms with Crippen LogP contribution in [0, 0.1) is 0 Å². The fourth-order valence-electron chi connectivity index (χ4n) is 1.54. The maximum atomic E-state index is 10.9. The second-order valence-corrected chi connectivity index (χ2v) is 4.98. The van der Waals surface area contributed by atoms with Gasteiger partial charge in [0.2, 0.25) is 0 Å². The summed E-state index contributed by atoms with van der Waals surface area (Å²) in [6, 6.07) is 5.67. The van der Waals surface area contributed by atoms with E-state index in [-0.39, 0.29) is 18.0 Å². The van der Waals surface area contributed by atoms with E-state index >= 15 is 0 Å². The van der Waals surface area contributed by atoms with Crippen LogP contribution in [-0.2, 0) is 4.79 Å². The molecule has 0 aliphatic rings. The Morgan fingerprint density at radius 1 is 1.05 bits per heavy atom. The van der Waals surface area contributed by atoms with Crippen LogP contribution in [0.1, 0.15) is 40.2 Å². The van der Waals surface area contributed by atoms with E-state index in [0.29, 0.717) is 5.75 Å². The van der Waals surface area contributed by atoms with E-state index < -0.39 is 0 Å². The van der Waals surface area contributed by atoms with Gasteiger partial charge in [-0.3, -0.25) is 4.79 Å². The molecule has 3 nitrogen and oxygen atoms in total. The third kappa shape index (κ3) is 5.60. The van der Waals surface area contributed by atoms with Crippen molar-refractivity contribution in [3.63, 3.8) is 0 Å². The molecule has 0 atom stereocenters. The lowest BCUT2D eigenvalue weighted by atomic mass is 10.1. The van der Waals surface area contributed by atoms with Crippen LogP contribution in [0.2, 0.25) is 0 Å². The third-order valence-electron chi connectivity index (χ3n) is 2.20. The molecule has 1 rings (SSSR count). The minimum absolute atomic E-state index is 0.0221. The summed E-state index contributed by atoms with van der Waals surface area (Å²) in [6.07, 6.45) is 3.47. The van der Waals surface area contributed by atoms with Gasteiger partial charge in [-0.2, -0.15) is 0 Å². The van der Waals surface area contributed by atoms with Crippen molar-refractivity contribution in [3.05, 3.63) is 29.8 Å². The summed E-state index contributed by atoms with van der Waals surface area (Å²) >= 11 is 0. The van der Waals surface area contributed by atoms with Gasteiger partial charge >= 0.3 is 0 Å². The number of hydrogen-bond acceptors (Lipinski definition) is 3. The first-order valence-corrected chi connectivity index (χ1v) is 6.54. The second-order valence-electron chi connectivity index (χ2n) is 4.98. The Balaban J connectivity index is 3.03. The van der Waals surface area contributed by atoms with Gasteiger partial charge in [0, 0.05) is 0 Å². The highest BCUT2D eigenvalue weighted by atomic mass is 16.5. The van der Waals surface area contributed by atoms with Gasteiger partial charge in [0.15, 0.2) is 17.3 Å². The van der Waals surface area contributed by atoms with Crippen molar-refractivity contribution in [1.29, 1.82) is 0 Å². The van der Waals surface area contributed by atoms with Crippen LogP contribution in [0.15, 0.2) is 24.3 Å². The second kappa shape index (κ2) is 6.98. The van der Waals surface area contributed by atoms with Gasteiger partial charge in [0.1, 0.15) is 0 Å². The molecule has 104 valence electrons. The molecule has 0 aliphatic heterocycles. The van der Waals surface area contributed by atoms with E-state index in [0.717, 1.165) is 11.3 Å². The van der Waals surface area contributed by atoms with Crippen LogP contribution in [-0.4, -0.2) is 18.0 Å². The normalized spacial score (nSPS) is 11.3. The molecule has 1 aromatic carbocycles. The van der Waals surface area contributed by atoms with Crippen molar-refractivity contribution < 1.29 is 14.3 Å². The molecule has 19 heavy (non-hydrogen) atoms. The van der Waals surface area contributed by atoms with E-state index in [1.807, 2.05) is 45.9 Å². The molecule has 1 aromatic rings. The summed E-state index contributed by atoms with van der Waals surface area (Å²) in [5.41, 5.74) is 0.918. The molecule has 0 saturated carbocycles. The minimum atomic E-state index is 0.0221. The summed E-state index contributed by atoms with van der Waals surface area (Å²) in [5, 5.41) is 0. The zero-order valence-corrected chi connectivity index (χ0v) is 12.3. The van der Waals surface area contributed by atoms with Gasteiger partial charge in [-0.15, -0.1) is 0 Å². The first kappa shape index (κ1) is 15.3. The monoisotopic (exact) mass is 262 g/mol. The Morgan fingerprint density at radius 2 is 1.63 bits per heavy atom. The molecule has 0 aromatic heterocycles. The summed E-state index contributed by atoms with van der Waals surface area (Å²) in [4.78, 5) is 10.9. The molecule has 0 unspecified atom stereocenters. The van der Waals surface area contributed by atoms with Crippen molar-refractivity contribution in [3.8, 4) is 11.5 Å². The number of benzene rings is 1. The quantitative estimate of drug-likeness (QED) is 0.730. The van der Waals surface area contributed by atoms with E-state index in [2.05, 4.69) is 0 Å². The Bertz CT molecular complexity index is 459. The van der Waals surface area contributed by atoms with E-state index in [4.69, 9.17) is 9.47 Å². The molecule has 0 amide bonds. The molecule has 0 spiro atoms. The number of rotatable bonds is 6. The zero-order valence-electron chi connectivity index (χ0n) is 12.3. The van der Waals surface area contributed by atoms with Crippen LogP contribution in [0.25, 0.3) is 6.08 Å². The predicted molar refractivity (Wildman–Crippen MR) is 77.7 cm³/mol. The van der Waals surface area contributed by atoms with Crippen LogP contribution in [0.4, 0.5) is 0 Å². The zero-order chi connectivity index (χ0) is 14.4. The Labute approximate surface area is 115 Å². The van der Waals surface area contributed by atoms with Crippen LogP contribution in [0.3, 0.4) is 0 Å². The highest BCUT2D eigenvalue weighted by Gasteiger charge is 2.09. The number of carbonyl (C=O) groups excluding carboxylic acids is 1. The lowest BCUT2D eigenvalue weighted by molar-refractivity contribution is -0.112. The van der Waals surface area contributed by atoms with E-state index in [1.54, 1.807) is 6.08 Å². The molecule has 0 saturated heterocycles. The molecule has 0 heterocycles. The summed E-state index contributed by atoms with van der Waals surface area (Å²) in [7, 11) is 0. The number of hydrogen-bond donors (Lipinski definition) is 0. The minimum Gasteiger partial charge on any atom is -0.487 e. The Hall–Kier alpha value is -1.77. The number of carbonyl (C=O) groups is 1. The standard InChI is InChI=1S/C16H22O3/c1-11(2)18-15-9-8-14(7-6-13(5)17)10-16(15)19-12(3)4/h6-12H,1-5H3. The Kier molecular flexibility index (Phi) is 5.61. The van der Waals surface area contributed by atoms with Crippen molar-refractivity contribution >= 4 is 11.9 Å². The van der Waals surface area contributed by atoms with Crippen molar-refractivity contribution in [1.82, 2.24) is 0 Å². The SMILES string of the molecule is CC(=O)C=Cc1ccc(OC(C)C)c(OC(C)C)c1. The summed E-state index contributed by atoms with van der Waals surface area (Å²) in [5.74, 6) is 1.45. The lowest BCUT2D eigenvalue weighted by Gasteiger charge is -2.17. The fourth-order valence-corrected chi connectivity index (χ4v) is 1.54. The molecule has 0 fully saturated rings. The van der Waals surface area contributed by atoms with Gasteiger partial charge < -0.3 is 9.47 Å². The third-order valence-corrected chi connectivity index (χ3v) is 2.20. The highest BCUT2D eigenvalue weighted by molar-refractivity contribution is 5.91. The topological polar surface area (TPSA) is 35.5 Å². The maximum Gasteiger partial charge on any atom is 0.162 e. The van der Waals surface area contributed by atoms with Crippen molar-refractivity contribution in [2.45, 2.75) is 46.8 Å². The van der Waals surface area contributed by atoms with Crippen molar-refractivity contribution in [2.24, 2.45) is 0 Å². The molecular formula is C16H22O3. The number of ketones is 1. The van der Waals surface area contributed by atoms with Crippen LogP contribution in [0.5, 0.6) is 11.5 Å². The van der Waals surface area contributed by atoms with Crippen LogP contribution >= 0.6 is 0 Å². The summed E-state index contributed by atoms with van der Waals surface area (Å²) < 4.78 is 11.5. The van der Waals surface area contributed by atoms with Crippen molar-refractivity contribution in [2.75, 3.05) is 0 Å². The largest absolute Gasteiger partial charge is 0.487 e. The average Bonchev–Trinajstić information content (AvgIpc) is 2.28. The first-order chi connectivity index (χ1) is 8.88. The van der Waals surface area contributed by atoms with Gasteiger partial charge in [-0.05, 0) is 58.4 Å². The molecule has 0 bridgehead atoms. The highest BCUT2D eigenvalue weighted by Crippen LogP contribution is 2.30. The smallest absolute Gasteiger partial charge is 0.162 e. The van der Waals surface area contributed by atoms with E-state index in [1.165, 1.54) is 13.0 Å². The average molecular weight is 262 g/mol. The molecule has 0 N–H and O–H groups in total. The molecule has 0 aliphatic carbocycles. The van der Waals surface area contributed by atoms with Gasteiger partial charge in [-0.25, -0.2) is 0 Å². The summed E-state index contributed by atoms with van der Waals surface area (Å²) in [6.45, 7) is 9.41. The Morgan fingerprint density at radius 3 is 2.16 bits per heavy atom.